The van der Waals surface area contributed by atoms with Crippen LogP contribution in [-0.2, 0) is 10.3 Å². The fourth-order valence-electron chi connectivity index (χ4n) is 3.91. The highest BCUT2D eigenvalue weighted by Crippen LogP contribution is 2.31. The molecule has 0 radical (unpaired) electrons. The molecule has 3 heterocycles. The topological polar surface area (TPSA) is 115 Å². The average Bonchev–Trinajstić information content (AvgIpc) is 3.60. The molecule has 0 aliphatic heterocycles. The Morgan fingerprint density at radius 3 is 2.49 bits per heavy atom. The van der Waals surface area contributed by atoms with Crippen molar-refractivity contribution in [3.8, 4) is 22.4 Å². The van der Waals surface area contributed by atoms with Gasteiger partial charge in [0.25, 0.3) is 5.91 Å². The second kappa shape index (κ2) is 9.57. The smallest absolute Gasteiger partial charge is 0.258 e. The van der Waals surface area contributed by atoms with Crippen LogP contribution in [-0.4, -0.2) is 36.5 Å². The van der Waals surface area contributed by atoms with Crippen LogP contribution in [0.25, 0.3) is 22.4 Å². The van der Waals surface area contributed by atoms with E-state index in [1.54, 1.807) is 29.3 Å². The minimum Gasteiger partial charge on any atom is -0.320 e. The molecule has 37 heavy (non-hydrogen) atoms. The zero-order chi connectivity index (χ0) is 26.2. The van der Waals surface area contributed by atoms with Crippen LogP contribution in [0.15, 0.2) is 61.3 Å². The maximum absolute atomic E-state index is 12.8. The van der Waals surface area contributed by atoms with Crippen molar-refractivity contribution in [2.24, 2.45) is 5.92 Å². The zero-order valence-corrected chi connectivity index (χ0v) is 21.3. The molecule has 5 rings (SSSR count). The van der Waals surface area contributed by atoms with Crippen molar-refractivity contribution in [2.75, 3.05) is 10.6 Å². The number of hydrogen-bond acceptors (Lipinski definition) is 6. The van der Waals surface area contributed by atoms with E-state index in [9.17, 15) is 9.59 Å². The summed E-state index contributed by atoms with van der Waals surface area (Å²) in [6.45, 7) is 8.01. The van der Waals surface area contributed by atoms with Gasteiger partial charge in [0.05, 0.1) is 34.9 Å². The second-order valence-corrected chi connectivity index (χ2v) is 10.3. The SMILES string of the molecule is Cc1ncc(NC(=O)c2cnn(C(C)(C)C)c2)cc1-c1cccc(-c2cc(NC(=O)C3CC3)ncn2)c1. The summed E-state index contributed by atoms with van der Waals surface area (Å²) in [5.74, 6) is 0.344. The average molecular weight is 496 g/mol. The maximum atomic E-state index is 12.8. The highest BCUT2D eigenvalue weighted by atomic mass is 16.2. The lowest BCUT2D eigenvalue weighted by atomic mass is 10.00. The van der Waals surface area contributed by atoms with E-state index in [1.165, 1.54) is 6.33 Å². The van der Waals surface area contributed by atoms with Crippen molar-refractivity contribution in [1.82, 2.24) is 24.7 Å². The fraction of sp³-hybridized carbons (Fsp3) is 0.286. The van der Waals surface area contributed by atoms with E-state index in [2.05, 4.69) is 30.7 Å². The van der Waals surface area contributed by atoms with Crippen LogP contribution in [0.2, 0.25) is 0 Å². The minimum absolute atomic E-state index is 0.00437. The van der Waals surface area contributed by atoms with Crippen LogP contribution in [0.1, 0.15) is 49.7 Å². The molecule has 1 aliphatic carbocycles. The van der Waals surface area contributed by atoms with Crippen molar-refractivity contribution in [3.63, 3.8) is 0 Å². The van der Waals surface area contributed by atoms with Crippen molar-refractivity contribution >= 4 is 23.3 Å². The molecule has 1 aromatic carbocycles. The van der Waals surface area contributed by atoms with Crippen LogP contribution >= 0.6 is 0 Å². The highest BCUT2D eigenvalue weighted by Gasteiger charge is 2.29. The Morgan fingerprint density at radius 2 is 1.76 bits per heavy atom. The first-order valence-corrected chi connectivity index (χ1v) is 12.2. The summed E-state index contributed by atoms with van der Waals surface area (Å²) in [6, 6.07) is 11.6. The number of benzene rings is 1. The van der Waals surface area contributed by atoms with E-state index >= 15 is 0 Å². The van der Waals surface area contributed by atoms with Gasteiger partial charge >= 0.3 is 0 Å². The van der Waals surface area contributed by atoms with E-state index in [4.69, 9.17) is 0 Å². The molecule has 1 fully saturated rings. The number of pyridine rings is 1. The van der Waals surface area contributed by atoms with Crippen LogP contribution in [0, 0.1) is 12.8 Å². The molecular weight excluding hydrogens is 466 g/mol. The maximum Gasteiger partial charge on any atom is 0.258 e. The van der Waals surface area contributed by atoms with Gasteiger partial charge in [-0.1, -0.05) is 18.2 Å². The predicted molar refractivity (Wildman–Crippen MR) is 142 cm³/mol. The molecule has 2 amide bonds. The van der Waals surface area contributed by atoms with Crippen molar-refractivity contribution in [3.05, 3.63) is 72.6 Å². The lowest BCUT2D eigenvalue weighted by Gasteiger charge is -2.18. The molecule has 1 aliphatic rings. The Hall–Kier alpha value is -4.40. The van der Waals surface area contributed by atoms with Gasteiger partial charge < -0.3 is 10.6 Å². The molecule has 9 heteroatoms. The monoisotopic (exact) mass is 495 g/mol. The standard InChI is InChI=1S/C28H29N7O2/c1-17-23(11-22(14-29-17)33-27(37)21-13-32-35(15-21)28(2,3)4)19-6-5-7-20(10-19)24-12-25(31-16-30-24)34-26(36)18-8-9-18/h5-7,10-16,18H,8-9H2,1-4H3,(H,33,37)(H,30,31,34,36). The number of nitrogens with zero attached hydrogens (tertiary/aromatic N) is 5. The molecule has 0 saturated heterocycles. The fourth-order valence-corrected chi connectivity index (χ4v) is 3.91. The minimum atomic E-state index is -0.248. The van der Waals surface area contributed by atoms with Gasteiger partial charge in [-0.3, -0.25) is 19.3 Å². The van der Waals surface area contributed by atoms with Gasteiger partial charge in [-0.15, -0.1) is 0 Å². The lowest BCUT2D eigenvalue weighted by molar-refractivity contribution is -0.117. The Balaban J connectivity index is 1.38. The van der Waals surface area contributed by atoms with Gasteiger partial charge in [0.15, 0.2) is 0 Å². The predicted octanol–water partition coefficient (Wildman–Crippen LogP) is 5.07. The van der Waals surface area contributed by atoms with E-state index in [0.29, 0.717) is 22.8 Å². The largest absolute Gasteiger partial charge is 0.320 e. The number of carbonyl (C=O) groups is 2. The molecule has 0 unspecified atom stereocenters. The first kappa shape index (κ1) is 24.3. The number of rotatable bonds is 6. The molecule has 4 aromatic rings. The second-order valence-electron chi connectivity index (χ2n) is 10.3. The summed E-state index contributed by atoms with van der Waals surface area (Å²) < 4.78 is 1.77. The third-order valence-corrected chi connectivity index (χ3v) is 6.21. The zero-order valence-electron chi connectivity index (χ0n) is 21.3. The van der Waals surface area contributed by atoms with Crippen LogP contribution < -0.4 is 10.6 Å². The van der Waals surface area contributed by atoms with Crippen LogP contribution in [0.3, 0.4) is 0 Å². The summed E-state index contributed by atoms with van der Waals surface area (Å²) in [5, 5.41) is 10.1. The van der Waals surface area contributed by atoms with Crippen molar-refractivity contribution in [1.29, 1.82) is 0 Å². The highest BCUT2D eigenvalue weighted by molar-refractivity contribution is 6.04. The number of hydrogen-bond donors (Lipinski definition) is 2. The van der Waals surface area contributed by atoms with Gasteiger partial charge in [-0.25, -0.2) is 9.97 Å². The third kappa shape index (κ3) is 5.55. The van der Waals surface area contributed by atoms with Gasteiger partial charge in [-0.05, 0) is 58.2 Å². The molecule has 1 saturated carbocycles. The first-order chi connectivity index (χ1) is 17.7. The molecule has 188 valence electrons. The number of anilines is 2. The summed E-state index contributed by atoms with van der Waals surface area (Å²) in [7, 11) is 0. The van der Waals surface area contributed by atoms with Gasteiger partial charge in [0, 0.05) is 35.0 Å². The Morgan fingerprint density at radius 1 is 0.973 bits per heavy atom. The van der Waals surface area contributed by atoms with Crippen molar-refractivity contribution in [2.45, 2.75) is 46.1 Å². The first-order valence-electron chi connectivity index (χ1n) is 12.2. The van der Waals surface area contributed by atoms with E-state index in [0.717, 1.165) is 35.2 Å². The van der Waals surface area contributed by atoms with Gasteiger partial charge in [0.1, 0.15) is 12.1 Å². The number of aryl methyl sites for hydroxylation is 1. The summed E-state index contributed by atoms with van der Waals surface area (Å²) >= 11 is 0. The Labute approximate surface area is 215 Å². The van der Waals surface area contributed by atoms with E-state index in [1.807, 2.05) is 58.0 Å². The quantitative estimate of drug-likeness (QED) is 0.386. The van der Waals surface area contributed by atoms with Gasteiger partial charge in [-0.2, -0.15) is 5.10 Å². The molecule has 3 aromatic heterocycles. The number of aromatic nitrogens is 5. The molecule has 2 N–H and O–H groups in total. The summed E-state index contributed by atoms with van der Waals surface area (Å²) in [5.41, 5.74) is 5.09. The van der Waals surface area contributed by atoms with Gasteiger partial charge in [0.2, 0.25) is 5.91 Å². The van der Waals surface area contributed by atoms with Crippen LogP contribution in [0.4, 0.5) is 11.5 Å². The molecule has 0 atom stereocenters. The number of nitrogens with one attached hydrogen (secondary N) is 2. The molecule has 0 spiro atoms. The Bertz CT molecular complexity index is 1480. The molecule has 9 nitrogen and oxygen atoms in total. The third-order valence-electron chi connectivity index (χ3n) is 6.21. The number of carbonyl (C=O) groups excluding carboxylic acids is 2. The molecular formula is C28H29N7O2. The van der Waals surface area contributed by atoms with E-state index < -0.39 is 0 Å². The van der Waals surface area contributed by atoms with E-state index in [-0.39, 0.29) is 23.3 Å². The van der Waals surface area contributed by atoms with Crippen LogP contribution in [0.5, 0.6) is 0 Å². The Kier molecular flexibility index (Phi) is 6.29. The molecule has 0 bridgehead atoms. The summed E-state index contributed by atoms with van der Waals surface area (Å²) in [6.07, 6.45) is 8.27. The van der Waals surface area contributed by atoms with Crippen molar-refractivity contribution < 1.29 is 9.59 Å². The lowest BCUT2D eigenvalue weighted by Crippen LogP contribution is -2.22. The number of amides is 2. The normalized spacial score (nSPS) is 13.3. The summed E-state index contributed by atoms with van der Waals surface area (Å²) in [4.78, 5) is 38.1.